The first-order valence-corrected chi connectivity index (χ1v) is 16.2. The number of fused-ring (bicyclic) bond motifs is 1. The van der Waals surface area contributed by atoms with Crippen molar-refractivity contribution < 1.29 is 4.74 Å². The predicted octanol–water partition coefficient (Wildman–Crippen LogP) is 6.02. The number of nitriles is 1. The van der Waals surface area contributed by atoms with Crippen LogP contribution in [0.4, 0.5) is 5.82 Å². The Morgan fingerprint density at radius 3 is 2.38 bits per heavy atom. The van der Waals surface area contributed by atoms with Crippen LogP contribution in [0.5, 0.6) is 11.5 Å². The Morgan fingerprint density at radius 2 is 1.64 bits per heavy atom. The molecule has 2 N–H and O–H groups in total. The number of pyridine rings is 1. The number of likely N-dealkylation sites (N-methyl/N-ethyl adjacent to an activating group) is 1. The largest absolute Gasteiger partial charge is 0.457 e. The van der Waals surface area contributed by atoms with Crippen molar-refractivity contribution in [3.8, 4) is 28.8 Å². The first kappa shape index (κ1) is 29.2. The van der Waals surface area contributed by atoms with E-state index in [-0.39, 0.29) is 6.04 Å². The third kappa shape index (κ3) is 6.22. The van der Waals surface area contributed by atoms with E-state index >= 15 is 0 Å². The second-order valence-corrected chi connectivity index (χ2v) is 12.8. The van der Waals surface area contributed by atoms with E-state index in [1.807, 2.05) is 48.5 Å². The van der Waals surface area contributed by atoms with Gasteiger partial charge in [0.1, 0.15) is 40.4 Å². The van der Waals surface area contributed by atoms with Crippen molar-refractivity contribution in [3.05, 3.63) is 78.8 Å². The molecule has 1 aliphatic heterocycles. The third-order valence-corrected chi connectivity index (χ3v) is 9.88. The van der Waals surface area contributed by atoms with Crippen molar-refractivity contribution in [2.45, 2.75) is 47.7 Å². The first-order chi connectivity index (χ1) is 22.1. The molecule has 0 amide bonds. The lowest BCUT2D eigenvalue weighted by atomic mass is 9.90. The molecule has 0 atom stereocenters. The molecule has 1 saturated heterocycles. The molecule has 5 aromatic rings. The number of anilines is 1. The van der Waals surface area contributed by atoms with Crippen LogP contribution in [0.25, 0.3) is 22.3 Å². The zero-order valence-electron chi connectivity index (χ0n) is 25.2. The fourth-order valence-electron chi connectivity index (χ4n) is 6.39. The summed E-state index contributed by atoms with van der Waals surface area (Å²) in [4.78, 5) is 19.2. The van der Waals surface area contributed by atoms with E-state index in [4.69, 9.17) is 15.6 Å². The SMILES string of the molecule is CN1CCN(C2CCC(n3nc(-c4ccc(Oc5ccc(C#N)c(Sc6ccccn6)c5)cc4)c4c(N)ncnc43)CC2)CC1. The van der Waals surface area contributed by atoms with Crippen molar-refractivity contribution >= 4 is 28.6 Å². The molecular weight excluding hydrogens is 583 g/mol. The number of nitrogen functional groups attached to an aromatic ring is 1. The van der Waals surface area contributed by atoms with Gasteiger partial charge in [-0.15, -0.1) is 0 Å². The second-order valence-electron chi connectivity index (χ2n) is 11.7. The van der Waals surface area contributed by atoms with E-state index in [1.165, 1.54) is 18.1 Å². The smallest absolute Gasteiger partial charge is 0.164 e. The van der Waals surface area contributed by atoms with Gasteiger partial charge >= 0.3 is 0 Å². The molecule has 1 saturated carbocycles. The van der Waals surface area contributed by atoms with Gasteiger partial charge in [0.25, 0.3) is 0 Å². The summed E-state index contributed by atoms with van der Waals surface area (Å²) in [6.07, 6.45) is 7.72. The highest BCUT2D eigenvalue weighted by molar-refractivity contribution is 7.99. The molecule has 0 bridgehead atoms. The zero-order chi connectivity index (χ0) is 30.8. The van der Waals surface area contributed by atoms with Gasteiger partial charge in [-0.05, 0) is 87.3 Å². The Balaban J connectivity index is 1.10. The van der Waals surface area contributed by atoms with E-state index in [0.29, 0.717) is 28.9 Å². The van der Waals surface area contributed by atoms with Crippen LogP contribution in [-0.4, -0.2) is 73.8 Å². The zero-order valence-corrected chi connectivity index (χ0v) is 26.0. The van der Waals surface area contributed by atoms with Gasteiger partial charge in [0.2, 0.25) is 0 Å². The maximum absolute atomic E-state index is 9.62. The van der Waals surface area contributed by atoms with Crippen LogP contribution in [-0.2, 0) is 0 Å². The molecule has 45 heavy (non-hydrogen) atoms. The monoisotopic (exact) mass is 617 g/mol. The van der Waals surface area contributed by atoms with Crippen LogP contribution >= 0.6 is 11.8 Å². The highest BCUT2D eigenvalue weighted by Crippen LogP contribution is 2.38. The van der Waals surface area contributed by atoms with Gasteiger partial charge in [0, 0.05) is 48.9 Å². The topological polar surface area (TPSA) is 122 Å². The van der Waals surface area contributed by atoms with Crippen molar-refractivity contribution in [1.82, 2.24) is 34.5 Å². The summed E-state index contributed by atoms with van der Waals surface area (Å²) in [5.74, 6) is 1.75. The normalized spacial score (nSPS) is 19.4. The summed E-state index contributed by atoms with van der Waals surface area (Å²) in [5, 5.41) is 16.3. The number of nitrogens with two attached hydrogens (primary N) is 1. The first-order valence-electron chi connectivity index (χ1n) is 15.4. The molecule has 2 aromatic carbocycles. The number of hydrogen-bond acceptors (Lipinski definition) is 10. The van der Waals surface area contributed by atoms with Crippen LogP contribution in [0.15, 0.2) is 83.1 Å². The lowest BCUT2D eigenvalue weighted by Crippen LogP contribution is -2.49. The van der Waals surface area contributed by atoms with E-state index in [0.717, 1.165) is 84.1 Å². The maximum Gasteiger partial charge on any atom is 0.164 e. The average Bonchev–Trinajstić information content (AvgIpc) is 3.47. The molecular formula is C34H35N9OS. The highest BCUT2D eigenvalue weighted by atomic mass is 32.2. The maximum atomic E-state index is 9.62. The average molecular weight is 618 g/mol. The number of hydrogen-bond donors (Lipinski definition) is 1. The summed E-state index contributed by atoms with van der Waals surface area (Å²) in [6, 6.07) is 22.2. The van der Waals surface area contributed by atoms with E-state index in [9.17, 15) is 5.26 Å². The molecule has 2 aliphatic rings. The summed E-state index contributed by atoms with van der Waals surface area (Å²) < 4.78 is 8.29. The Hall–Kier alpha value is -4.50. The van der Waals surface area contributed by atoms with Gasteiger partial charge in [0.05, 0.1) is 17.0 Å². The molecule has 3 aromatic heterocycles. The Kier molecular flexibility index (Phi) is 8.35. The Morgan fingerprint density at radius 1 is 0.889 bits per heavy atom. The van der Waals surface area contributed by atoms with Gasteiger partial charge in [-0.25, -0.2) is 19.6 Å². The number of piperazine rings is 1. The van der Waals surface area contributed by atoms with Crippen molar-refractivity contribution in [2.24, 2.45) is 0 Å². The van der Waals surface area contributed by atoms with Crippen molar-refractivity contribution in [3.63, 3.8) is 0 Å². The van der Waals surface area contributed by atoms with Crippen molar-refractivity contribution in [1.29, 1.82) is 5.26 Å². The van der Waals surface area contributed by atoms with Gasteiger partial charge in [-0.3, -0.25) is 4.90 Å². The summed E-state index contributed by atoms with van der Waals surface area (Å²) in [6.45, 7) is 4.60. The molecule has 7 rings (SSSR count). The number of nitrogens with zero attached hydrogens (tertiary/aromatic N) is 8. The molecule has 0 unspecified atom stereocenters. The Bertz CT molecular complexity index is 1820. The molecule has 228 valence electrons. The van der Waals surface area contributed by atoms with Gasteiger partial charge in [0.15, 0.2) is 5.65 Å². The summed E-state index contributed by atoms with van der Waals surface area (Å²) in [5.41, 5.74) is 9.49. The molecule has 0 radical (unpaired) electrons. The van der Waals surface area contributed by atoms with E-state index in [2.05, 4.69) is 42.6 Å². The van der Waals surface area contributed by atoms with E-state index < -0.39 is 0 Å². The minimum Gasteiger partial charge on any atom is -0.457 e. The van der Waals surface area contributed by atoms with Gasteiger partial charge < -0.3 is 15.4 Å². The summed E-state index contributed by atoms with van der Waals surface area (Å²) in [7, 11) is 2.21. The Labute approximate surface area is 266 Å². The number of aromatic nitrogens is 5. The van der Waals surface area contributed by atoms with Crippen LogP contribution in [0.2, 0.25) is 0 Å². The molecule has 0 spiro atoms. The minimum atomic E-state index is 0.274. The lowest BCUT2D eigenvalue weighted by molar-refractivity contribution is 0.0815. The molecule has 2 fully saturated rings. The lowest BCUT2D eigenvalue weighted by Gasteiger charge is -2.41. The quantitative estimate of drug-likeness (QED) is 0.232. The third-order valence-electron chi connectivity index (χ3n) is 8.87. The van der Waals surface area contributed by atoms with Crippen LogP contribution in [0.1, 0.15) is 37.3 Å². The number of benzene rings is 2. The van der Waals surface area contributed by atoms with Gasteiger partial charge in [-0.1, -0.05) is 17.8 Å². The van der Waals surface area contributed by atoms with Gasteiger partial charge in [-0.2, -0.15) is 10.4 Å². The molecule has 10 nitrogen and oxygen atoms in total. The number of rotatable bonds is 7. The van der Waals surface area contributed by atoms with Crippen LogP contribution < -0.4 is 10.5 Å². The fourth-order valence-corrected chi connectivity index (χ4v) is 7.27. The van der Waals surface area contributed by atoms with Crippen LogP contribution in [0, 0.1) is 11.3 Å². The summed E-state index contributed by atoms with van der Waals surface area (Å²) >= 11 is 1.43. The highest BCUT2D eigenvalue weighted by Gasteiger charge is 2.30. The molecule has 1 aliphatic carbocycles. The molecule has 11 heteroatoms. The standard InChI is InChI=1S/C34H35N9OS/c1-41-16-18-42(19-17-41)25-8-10-26(11-9-25)43-34-31(33(36)38-22-39-34)32(40-43)23-5-12-27(13-6-23)44-28-14-7-24(21-35)29(20-28)45-30-4-2-3-15-37-30/h2-7,12-15,20,22,25-26H,8-11,16-19H2,1H3,(H2,36,38,39). The second kappa shape index (κ2) is 12.9. The van der Waals surface area contributed by atoms with E-state index in [1.54, 1.807) is 18.3 Å². The van der Waals surface area contributed by atoms with Crippen LogP contribution in [0.3, 0.4) is 0 Å². The predicted molar refractivity (Wildman–Crippen MR) is 175 cm³/mol. The number of ether oxygens (including phenoxy) is 1. The fraction of sp³-hybridized carbons (Fsp3) is 0.324. The molecule has 4 heterocycles. The minimum absolute atomic E-state index is 0.274. The van der Waals surface area contributed by atoms with Crippen molar-refractivity contribution in [2.75, 3.05) is 39.0 Å².